The van der Waals surface area contributed by atoms with Gasteiger partial charge in [-0.2, -0.15) is 4.31 Å². The molecule has 0 bridgehead atoms. The molecule has 1 aromatic heterocycles. The van der Waals surface area contributed by atoms with Crippen LogP contribution in [0.15, 0.2) is 57.8 Å². The number of fused-ring (bicyclic) bond motifs is 1. The van der Waals surface area contributed by atoms with E-state index >= 15 is 0 Å². The maximum Gasteiger partial charge on any atom is 0.287 e. The van der Waals surface area contributed by atoms with Gasteiger partial charge in [0.2, 0.25) is 10.0 Å². The molecule has 1 aliphatic heterocycles. The van der Waals surface area contributed by atoms with Crippen LogP contribution in [0.3, 0.4) is 0 Å². The third kappa shape index (κ3) is 4.37. The first-order chi connectivity index (χ1) is 15.0. The first-order valence-electron chi connectivity index (χ1n) is 10.4. The molecule has 3 aromatic rings. The van der Waals surface area contributed by atoms with Crippen LogP contribution in [0.25, 0.3) is 11.0 Å². The Balaban J connectivity index is 1.57. The fraction of sp³-hybridized carbons (Fsp3) is 0.348. The van der Waals surface area contributed by atoms with Crippen molar-refractivity contribution in [2.75, 3.05) is 20.2 Å². The van der Waals surface area contributed by atoms with Gasteiger partial charge in [0.1, 0.15) is 5.58 Å². The van der Waals surface area contributed by atoms with Crippen LogP contribution in [0.4, 0.5) is 0 Å². The monoisotopic (exact) mass is 442 g/mol. The summed E-state index contributed by atoms with van der Waals surface area (Å²) in [6, 6.07) is 14.2. The minimum atomic E-state index is -3.60. The minimum absolute atomic E-state index is 0.0749. The van der Waals surface area contributed by atoms with Gasteiger partial charge < -0.3 is 14.5 Å². The fourth-order valence-corrected chi connectivity index (χ4v) is 5.71. The molecular formula is C23H26N2O5S. The number of benzene rings is 2. The number of nitrogens with one attached hydrogen (secondary N) is 1. The molecule has 8 heteroatoms. The number of piperidine rings is 1. The van der Waals surface area contributed by atoms with E-state index in [0.717, 1.165) is 24.6 Å². The number of furan rings is 1. The van der Waals surface area contributed by atoms with Gasteiger partial charge in [-0.15, -0.1) is 0 Å². The average molecular weight is 443 g/mol. The molecule has 2 heterocycles. The van der Waals surface area contributed by atoms with Gasteiger partial charge in [0.25, 0.3) is 5.91 Å². The normalized spacial score (nSPS) is 15.3. The maximum atomic E-state index is 13.2. The highest BCUT2D eigenvalue weighted by atomic mass is 32.2. The van der Waals surface area contributed by atoms with E-state index in [-0.39, 0.29) is 23.8 Å². The Kier molecular flexibility index (Phi) is 6.41. The lowest BCUT2D eigenvalue weighted by Crippen LogP contribution is -2.36. The van der Waals surface area contributed by atoms with E-state index in [2.05, 4.69) is 5.32 Å². The highest BCUT2D eigenvalue weighted by molar-refractivity contribution is 7.89. The fourth-order valence-electron chi connectivity index (χ4n) is 3.97. The summed E-state index contributed by atoms with van der Waals surface area (Å²) in [5.41, 5.74) is 1.82. The van der Waals surface area contributed by atoms with E-state index in [0.29, 0.717) is 29.8 Å². The molecule has 0 aliphatic carbocycles. The molecule has 31 heavy (non-hydrogen) atoms. The van der Waals surface area contributed by atoms with E-state index in [9.17, 15) is 13.2 Å². The summed E-state index contributed by atoms with van der Waals surface area (Å²) in [7, 11) is -2.04. The van der Waals surface area contributed by atoms with Crippen molar-refractivity contribution >= 4 is 26.9 Å². The Morgan fingerprint density at radius 2 is 1.77 bits per heavy atom. The van der Waals surface area contributed by atoms with Crippen molar-refractivity contribution in [2.45, 2.75) is 37.3 Å². The molecule has 1 saturated heterocycles. The Hall–Kier alpha value is -2.68. The number of nitrogens with zero attached hydrogens (tertiary/aromatic N) is 1. The second-order valence-corrected chi connectivity index (χ2v) is 9.50. The van der Waals surface area contributed by atoms with Gasteiger partial charge in [-0.05, 0) is 30.5 Å². The molecule has 4 rings (SSSR count). The highest BCUT2D eigenvalue weighted by Gasteiger charge is 2.28. The Morgan fingerprint density at radius 1 is 1.06 bits per heavy atom. The van der Waals surface area contributed by atoms with Crippen LogP contribution in [-0.2, 0) is 27.9 Å². The largest absolute Gasteiger partial charge is 0.451 e. The van der Waals surface area contributed by atoms with Crippen molar-refractivity contribution < 1.29 is 22.4 Å². The van der Waals surface area contributed by atoms with E-state index in [4.69, 9.17) is 9.15 Å². The third-order valence-electron chi connectivity index (χ3n) is 5.54. The Morgan fingerprint density at radius 3 is 2.55 bits per heavy atom. The predicted molar refractivity (Wildman–Crippen MR) is 117 cm³/mol. The predicted octanol–water partition coefficient (Wildman–Crippen LogP) is 3.68. The smallest absolute Gasteiger partial charge is 0.287 e. The van der Waals surface area contributed by atoms with Gasteiger partial charge in [0.05, 0.1) is 11.5 Å². The summed E-state index contributed by atoms with van der Waals surface area (Å²) >= 11 is 0. The number of sulfonamides is 1. The lowest BCUT2D eigenvalue weighted by Gasteiger charge is -2.26. The van der Waals surface area contributed by atoms with Gasteiger partial charge in [-0.3, -0.25) is 4.79 Å². The molecule has 2 aromatic carbocycles. The first-order valence-corrected chi connectivity index (χ1v) is 11.8. The Labute approximate surface area is 182 Å². The molecule has 164 valence electrons. The average Bonchev–Trinajstić information content (AvgIpc) is 3.17. The van der Waals surface area contributed by atoms with Gasteiger partial charge in [0.15, 0.2) is 5.76 Å². The van der Waals surface area contributed by atoms with Crippen LogP contribution in [0, 0.1) is 0 Å². The number of hydrogen-bond donors (Lipinski definition) is 1. The van der Waals surface area contributed by atoms with Gasteiger partial charge in [-0.25, -0.2) is 8.42 Å². The van der Waals surface area contributed by atoms with Crippen molar-refractivity contribution in [2.24, 2.45) is 0 Å². The lowest BCUT2D eigenvalue weighted by molar-refractivity contribution is 0.0918. The van der Waals surface area contributed by atoms with Crippen molar-refractivity contribution in [3.8, 4) is 0 Å². The molecule has 7 nitrogen and oxygen atoms in total. The number of amides is 1. The second kappa shape index (κ2) is 9.21. The molecule has 0 saturated carbocycles. The van der Waals surface area contributed by atoms with Crippen LogP contribution in [-0.4, -0.2) is 38.8 Å². The van der Waals surface area contributed by atoms with Gasteiger partial charge in [-0.1, -0.05) is 42.8 Å². The van der Waals surface area contributed by atoms with Crippen LogP contribution >= 0.6 is 0 Å². The van der Waals surface area contributed by atoms with Crippen LogP contribution < -0.4 is 5.32 Å². The molecule has 0 unspecified atom stereocenters. The number of hydrogen-bond acceptors (Lipinski definition) is 5. The quantitative estimate of drug-likeness (QED) is 0.603. The molecule has 0 spiro atoms. The minimum Gasteiger partial charge on any atom is -0.451 e. The van der Waals surface area contributed by atoms with E-state index < -0.39 is 15.9 Å². The zero-order valence-corrected chi connectivity index (χ0v) is 18.3. The zero-order chi connectivity index (χ0) is 21.8. The number of rotatable bonds is 7. The third-order valence-corrected chi connectivity index (χ3v) is 7.54. The summed E-state index contributed by atoms with van der Waals surface area (Å²) in [6.45, 7) is 1.37. The van der Waals surface area contributed by atoms with Crippen molar-refractivity contribution in [1.29, 1.82) is 0 Å². The topological polar surface area (TPSA) is 88.8 Å². The van der Waals surface area contributed by atoms with Crippen molar-refractivity contribution in [3.05, 3.63) is 65.4 Å². The summed E-state index contributed by atoms with van der Waals surface area (Å²) in [5.74, 6) is -0.229. The molecule has 1 amide bonds. The molecule has 1 fully saturated rings. The van der Waals surface area contributed by atoms with E-state index in [1.54, 1.807) is 37.4 Å². The standard InChI is InChI=1S/C23H26N2O5S/c1-29-16-19-18-10-4-5-11-20(18)30-22(19)23(26)24-15-17-9-3-6-12-21(17)31(27,28)25-13-7-2-8-14-25/h3-6,9-12H,2,7-8,13-16H2,1H3,(H,24,26). The molecular weight excluding hydrogens is 416 g/mol. The maximum absolute atomic E-state index is 13.2. The number of carbonyl (C=O) groups is 1. The lowest BCUT2D eigenvalue weighted by atomic mass is 10.1. The molecule has 1 N–H and O–H groups in total. The second-order valence-electron chi connectivity index (χ2n) is 7.59. The first kappa shape index (κ1) is 21.5. The van der Waals surface area contributed by atoms with Crippen LogP contribution in [0.2, 0.25) is 0 Å². The van der Waals surface area contributed by atoms with Gasteiger partial charge >= 0.3 is 0 Å². The van der Waals surface area contributed by atoms with Crippen molar-refractivity contribution in [1.82, 2.24) is 9.62 Å². The number of methoxy groups -OCH3 is 1. The van der Waals surface area contributed by atoms with E-state index in [1.165, 1.54) is 4.31 Å². The summed E-state index contributed by atoms with van der Waals surface area (Å²) in [6.07, 6.45) is 2.78. The SMILES string of the molecule is COCc1c(C(=O)NCc2ccccc2S(=O)(=O)N2CCCCC2)oc2ccccc12. The molecule has 0 radical (unpaired) electrons. The van der Waals surface area contributed by atoms with Gasteiger partial charge in [0, 0.05) is 37.7 Å². The van der Waals surface area contributed by atoms with Crippen LogP contribution in [0.5, 0.6) is 0 Å². The van der Waals surface area contributed by atoms with Crippen molar-refractivity contribution in [3.63, 3.8) is 0 Å². The zero-order valence-electron chi connectivity index (χ0n) is 17.5. The number of ether oxygens (including phenoxy) is 1. The van der Waals surface area contributed by atoms with E-state index in [1.807, 2.05) is 18.2 Å². The summed E-state index contributed by atoms with van der Waals surface area (Å²) < 4.78 is 38.9. The number of para-hydroxylation sites is 1. The highest BCUT2D eigenvalue weighted by Crippen LogP contribution is 2.27. The Bertz CT molecular complexity index is 1180. The summed E-state index contributed by atoms with van der Waals surface area (Å²) in [5, 5.41) is 3.64. The molecule has 1 aliphatic rings. The molecule has 0 atom stereocenters. The van der Waals surface area contributed by atoms with Crippen LogP contribution in [0.1, 0.15) is 40.9 Å². The summed E-state index contributed by atoms with van der Waals surface area (Å²) in [4.78, 5) is 13.2. The number of carbonyl (C=O) groups excluding carboxylic acids is 1.